The van der Waals surface area contributed by atoms with Crippen LogP contribution >= 0.6 is 23.4 Å². The lowest BCUT2D eigenvalue weighted by molar-refractivity contribution is -0.143. The number of hydrogen-bond donors (Lipinski definition) is 1. The molecule has 1 aromatic heterocycles. The molecule has 8 nitrogen and oxygen atoms in total. The zero-order chi connectivity index (χ0) is 23.8. The third-order valence-electron chi connectivity index (χ3n) is 5.13. The van der Waals surface area contributed by atoms with Gasteiger partial charge in [0.1, 0.15) is 10.9 Å². The summed E-state index contributed by atoms with van der Waals surface area (Å²) in [5.74, 6) is 1.42. The molecule has 33 heavy (non-hydrogen) atoms. The smallest absolute Gasteiger partial charge is 0.355 e. The summed E-state index contributed by atoms with van der Waals surface area (Å²) < 4.78 is 17.5. The maximum absolute atomic E-state index is 12.2. The van der Waals surface area contributed by atoms with Crippen molar-refractivity contribution in [3.8, 4) is 11.5 Å². The summed E-state index contributed by atoms with van der Waals surface area (Å²) in [5.41, 5.74) is 0.914. The van der Waals surface area contributed by atoms with Gasteiger partial charge in [-0.15, -0.1) is 11.8 Å². The van der Waals surface area contributed by atoms with Gasteiger partial charge < -0.3 is 23.9 Å². The summed E-state index contributed by atoms with van der Waals surface area (Å²) in [6, 6.07) is 3.49. The fraction of sp³-hybridized carbons (Fsp3) is 0.522. The minimum Gasteiger partial charge on any atom is -0.476 e. The van der Waals surface area contributed by atoms with Crippen molar-refractivity contribution in [1.82, 2.24) is 9.55 Å². The van der Waals surface area contributed by atoms with Crippen LogP contribution in [0, 0.1) is 0 Å². The van der Waals surface area contributed by atoms with E-state index < -0.39 is 5.97 Å². The van der Waals surface area contributed by atoms with E-state index in [9.17, 15) is 14.7 Å². The first-order valence-corrected chi connectivity index (χ1v) is 12.5. The normalized spacial score (nSPS) is 12.2. The molecule has 3 rings (SSSR count). The van der Waals surface area contributed by atoms with Crippen LogP contribution in [0.25, 0.3) is 0 Å². The Bertz CT molecular complexity index is 994. The summed E-state index contributed by atoms with van der Waals surface area (Å²) in [6.07, 6.45) is 4.37. The Labute approximate surface area is 202 Å². The summed E-state index contributed by atoms with van der Waals surface area (Å²) >= 11 is 7.88. The number of aromatic carboxylic acids is 1. The van der Waals surface area contributed by atoms with E-state index >= 15 is 0 Å². The van der Waals surface area contributed by atoms with E-state index in [0.29, 0.717) is 46.8 Å². The minimum atomic E-state index is -1.02. The maximum Gasteiger partial charge on any atom is 0.355 e. The number of carbonyl (C=O) groups excluding carboxylic acids is 1. The molecule has 1 N–H and O–H groups in total. The molecule has 10 heteroatoms. The zero-order valence-electron chi connectivity index (χ0n) is 18.9. The van der Waals surface area contributed by atoms with Crippen molar-refractivity contribution >= 4 is 35.3 Å². The molecule has 0 saturated carbocycles. The van der Waals surface area contributed by atoms with E-state index in [4.69, 9.17) is 25.8 Å². The van der Waals surface area contributed by atoms with Gasteiger partial charge in [-0.05, 0) is 43.6 Å². The van der Waals surface area contributed by atoms with E-state index in [1.54, 1.807) is 23.6 Å². The highest BCUT2D eigenvalue weighted by molar-refractivity contribution is 7.99. The van der Waals surface area contributed by atoms with Gasteiger partial charge in [0.25, 0.3) is 0 Å². The maximum atomic E-state index is 12.2. The highest BCUT2D eigenvalue weighted by atomic mass is 35.5. The van der Waals surface area contributed by atoms with Crippen molar-refractivity contribution in [1.29, 1.82) is 0 Å². The monoisotopic (exact) mass is 496 g/mol. The number of nitrogens with zero attached hydrogens (tertiary/aromatic N) is 2. The topological polar surface area (TPSA) is 99.9 Å². The number of ether oxygens (including phenoxy) is 3. The molecule has 0 amide bonds. The number of carboxylic acid groups (broad SMARTS) is 1. The molecule has 0 atom stereocenters. The van der Waals surface area contributed by atoms with E-state index in [2.05, 4.69) is 4.98 Å². The Hall–Kier alpha value is -2.39. The molecule has 2 heterocycles. The first-order chi connectivity index (χ1) is 15.9. The molecule has 0 bridgehead atoms. The second-order valence-electron chi connectivity index (χ2n) is 7.58. The Kier molecular flexibility index (Phi) is 9.31. The van der Waals surface area contributed by atoms with E-state index in [0.717, 1.165) is 37.0 Å². The van der Waals surface area contributed by atoms with Crippen molar-refractivity contribution in [3.05, 3.63) is 34.2 Å². The van der Waals surface area contributed by atoms with Crippen molar-refractivity contribution in [2.24, 2.45) is 0 Å². The summed E-state index contributed by atoms with van der Waals surface area (Å²) in [7, 11) is 0. The number of benzene rings is 1. The number of unbranched alkanes of at least 4 members (excludes halogenated alkanes) is 2. The molecule has 180 valence electrons. The van der Waals surface area contributed by atoms with Gasteiger partial charge in [0.15, 0.2) is 17.2 Å². The average Bonchev–Trinajstić information content (AvgIpc) is 3.35. The predicted octanol–water partition coefficient (Wildman–Crippen LogP) is 5.18. The molecule has 0 aliphatic carbocycles. The number of halogens is 1. The van der Waals surface area contributed by atoms with E-state index in [1.165, 1.54) is 11.8 Å². The Morgan fingerprint density at radius 2 is 1.97 bits per heavy atom. The van der Waals surface area contributed by atoms with Crippen LogP contribution in [-0.4, -0.2) is 45.7 Å². The van der Waals surface area contributed by atoms with Gasteiger partial charge in [-0.25, -0.2) is 9.78 Å². The van der Waals surface area contributed by atoms with Crippen LogP contribution in [0.2, 0.25) is 5.02 Å². The van der Waals surface area contributed by atoms with Gasteiger partial charge >= 0.3 is 11.9 Å². The van der Waals surface area contributed by atoms with Gasteiger partial charge in [-0.2, -0.15) is 0 Å². The van der Waals surface area contributed by atoms with Crippen molar-refractivity contribution in [2.45, 2.75) is 63.9 Å². The SMILES string of the molecule is CCCc1nc(SCCCCCC(=O)OCC)c(C(=O)O)n1Cc1cc2c(cc1Cl)OCO2. The number of imidazole rings is 1. The van der Waals surface area contributed by atoms with Crippen LogP contribution in [0.4, 0.5) is 0 Å². The molecule has 0 radical (unpaired) electrons. The second-order valence-corrected chi connectivity index (χ2v) is 9.07. The van der Waals surface area contributed by atoms with Gasteiger partial charge in [0.2, 0.25) is 6.79 Å². The standard InChI is InChI=1S/C23H29ClN2O6S/c1-3-8-19-25-22(33-10-7-5-6-9-20(27)30-4-2)21(23(28)29)26(19)13-15-11-17-18(12-16(15)24)32-14-31-17/h11-12H,3-10,13-14H2,1-2H3,(H,28,29). The van der Waals surface area contributed by atoms with Crippen molar-refractivity contribution < 1.29 is 28.9 Å². The largest absolute Gasteiger partial charge is 0.476 e. The fourth-order valence-corrected chi connectivity index (χ4v) is 4.83. The van der Waals surface area contributed by atoms with Gasteiger partial charge in [0.05, 0.1) is 13.2 Å². The summed E-state index contributed by atoms with van der Waals surface area (Å²) in [4.78, 5) is 28.3. The zero-order valence-corrected chi connectivity index (χ0v) is 20.5. The van der Waals surface area contributed by atoms with Gasteiger partial charge in [0, 0.05) is 23.9 Å². The third-order valence-corrected chi connectivity index (χ3v) is 6.53. The lowest BCUT2D eigenvalue weighted by Crippen LogP contribution is -2.13. The number of thioether (sulfide) groups is 1. The number of aromatic nitrogens is 2. The van der Waals surface area contributed by atoms with Crippen LogP contribution in [-0.2, 0) is 22.5 Å². The van der Waals surface area contributed by atoms with Crippen molar-refractivity contribution in [2.75, 3.05) is 19.2 Å². The molecule has 0 saturated heterocycles. The first kappa shape index (κ1) is 25.2. The number of aryl methyl sites for hydroxylation is 1. The van der Waals surface area contributed by atoms with Crippen LogP contribution < -0.4 is 9.47 Å². The summed E-state index contributed by atoms with van der Waals surface area (Å²) in [6.45, 7) is 4.64. The van der Waals surface area contributed by atoms with E-state index in [-0.39, 0.29) is 25.0 Å². The molecule has 0 fully saturated rings. The highest BCUT2D eigenvalue weighted by Crippen LogP contribution is 2.37. The first-order valence-electron chi connectivity index (χ1n) is 11.1. The molecule has 1 aliphatic heterocycles. The number of carbonyl (C=O) groups is 2. The lowest BCUT2D eigenvalue weighted by Gasteiger charge is -2.12. The Morgan fingerprint density at radius 1 is 1.21 bits per heavy atom. The summed E-state index contributed by atoms with van der Waals surface area (Å²) in [5, 5.41) is 11.0. The van der Waals surface area contributed by atoms with Crippen LogP contribution in [0.1, 0.15) is 67.8 Å². The highest BCUT2D eigenvalue weighted by Gasteiger charge is 2.24. The second kappa shape index (κ2) is 12.2. The van der Waals surface area contributed by atoms with Gasteiger partial charge in [-0.3, -0.25) is 4.79 Å². The van der Waals surface area contributed by atoms with Crippen LogP contribution in [0.15, 0.2) is 17.2 Å². The molecular formula is C23H29ClN2O6S. The van der Waals surface area contributed by atoms with Gasteiger partial charge in [-0.1, -0.05) is 24.9 Å². The fourth-order valence-electron chi connectivity index (χ4n) is 3.57. The number of esters is 1. The third kappa shape index (κ3) is 6.57. The molecule has 1 aromatic carbocycles. The molecule has 1 aliphatic rings. The number of carboxylic acids is 1. The molecule has 2 aromatic rings. The minimum absolute atomic E-state index is 0.141. The quantitative estimate of drug-likeness (QED) is 0.230. The Balaban J connectivity index is 1.72. The molecule has 0 unspecified atom stereocenters. The van der Waals surface area contributed by atoms with Crippen LogP contribution in [0.3, 0.4) is 0 Å². The average molecular weight is 497 g/mol. The number of rotatable bonds is 13. The van der Waals surface area contributed by atoms with E-state index in [1.807, 2.05) is 6.92 Å². The molecular weight excluding hydrogens is 468 g/mol. The lowest BCUT2D eigenvalue weighted by atomic mass is 10.2. The number of hydrogen-bond acceptors (Lipinski definition) is 7. The predicted molar refractivity (Wildman–Crippen MR) is 126 cm³/mol. The number of fused-ring (bicyclic) bond motifs is 1. The molecule has 0 spiro atoms. The van der Waals surface area contributed by atoms with Crippen LogP contribution in [0.5, 0.6) is 11.5 Å². The van der Waals surface area contributed by atoms with Crippen molar-refractivity contribution in [3.63, 3.8) is 0 Å². The Morgan fingerprint density at radius 3 is 2.67 bits per heavy atom.